The summed E-state index contributed by atoms with van der Waals surface area (Å²) in [6, 6.07) is 0. The van der Waals surface area contributed by atoms with Crippen molar-refractivity contribution in [3.05, 3.63) is 0 Å². The van der Waals surface area contributed by atoms with Crippen LogP contribution in [0.5, 0.6) is 0 Å². The van der Waals surface area contributed by atoms with Crippen LogP contribution in [0, 0.1) is 0 Å². The van der Waals surface area contributed by atoms with Gasteiger partial charge in [0.25, 0.3) is 0 Å². The summed E-state index contributed by atoms with van der Waals surface area (Å²) in [5, 5.41) is 9.41. The van der Waals surface area contributed by atoms with Gasteiger partial charge in [-0.2, -0.15) is 0 Å². The summed E-state index contributed by atoms with van der Waals surface area (Å²) in [7, 11) is 12.3. The smallest absolute Gasteiger partial charge is 0.131 e. The molecule has 0 spiro atoms. The predicted molar refractivity (Wildman–Crippen MR) is 130 cm³/mol. The van der Waals surface area contributed by atoms with E-state index in [1.165, 1.54) is 12.8 Å². The molecule has 3 atom stereocenters. The third-order valence-corrected chi connectivity index (χ3v) is 4.26. The molecule has 0 aromatic heterocycles. The zero-order valence-electron chi connectivity index (χ0n) is 20.1. The first-order valence-corrected chi connectivity index (χ1v) is 10.0. The number of likely N-dealkylation sites (N-methyl/N-ethyl adjacent to an activating group) is 1. The maximum atomic E-state index is 5.37. The van der Waals surface area contributed by atoms with E-state index in [4.69, 9.17) is 17.2 Å². The maximum Gasteiger partial charge on any atom is 0.131 e. The van der Waals surface area contributed by atoms with E-state index < -0.39 is 0 Å². The Labute approximate surface area is 268 Å². The monoisotopic (exact) mass is 650 g/mol. The second-order valence-electron chi connectivity index (χ2n) is 6.14. The van der Waals surface area contributed by atoms with Gasteiger partial charge in [0.2, 0.25) is 0 Å². The summed E-state index contributed by atoms with van der Waals surface area (Å²) < 4.78 is 0. The van der Waals surface area contributed by atoms with E-state index in [0.29, 0.717) is 24.4 Å². The Bertz CT molecular complexity index is 238. The largest absolute Gasteiger partial charge is 0.330 e. The predicted octanol–water partition coefficient (Wildman–Crippen LogP) is 0.308. The average molecular weight is 650 g/mol. The molecule has 0 saturated carbocycles. The summed E-state index contributed by atoms with van der Waals surface area (Å²) in [6.07, 6.45) is 5.85. The van der Waals surface area contributed by atoms with E-state index in [-0.39, 0.29) is 106 Å². The number of nitrogens with one attached hydrogen (secondary N) is 3. The molecular weight excluding hydrogens is 599 g/mol. The summed E-state index contributed by atoms with van der Waals surface area (Å²) in [5.41, 5.74) is 16.0. The minimum Gasteiger partial charge on any atom is -0.330 e. The first-order chi connectivity index (χ1) is 12.5. The molecule has 0 aliphatic heterocycles. The summed E-state index contributed by atoms with van der Waals surface area (Å²) in [6.45, 7) is 8.45. The Morgan fingerprint density at radius 3 is 1.13 bits per heavy atom. The Morgan fingerprint density at radius 1 is 0.600 bits per heavy atom. The number of hydrogen-bond acceptors (Lipinski definition) is 6. The number of unbranched alkanes of at least 4 members (excludes halogenated alkanes) is 1. The Kier molecular flexibility index (Phi) is 76.5. The quantitative estimate of drug-likeness (QED) is 0.119. The van der Waals surface area contributed by atoms with Gasteiger partial charge in [-0.25, -0.2) is 0 Å². The molecule has 6 nitrogen and oxygen atoms in total. The van der Waals surface area contributed by atoms with Crippen molar-refractivity contribution in [2.75, 3.05) is 40.8 Å². The molecule has 0 heterocycles. The summed E-state index contributed by atoms with van der Waals surface area (Å²) in [4.78, 5) is 0. The molecule has 0 aliphatic rings. The van der Waals surface area contributed by atoms with E-state index >= 15 is 0 Å². The molecule has 9 N–H and O–H groups in total. The molecule has 0 aliphatic carbocycles. The maximum absolute atomic E-state index is 5.37. The van der Waals surface area contributed by atoms with Gasteiger partial charge in [0.15, 0.2) is 0 Å². The second-order valence-corrected chi connectivity index (χ2v) is 6.14. The van der Waals surface area contributed by atoms with Gasteiger partial charge in [-0.05, 0) is 77.7 Å². The van der Waals surface area contributed by atoms with Gasteiger partial charge >= 0.3 is 0 Å². The molecule has 0 aromatic rings. The van der Waals surface area contributed by atoms with E-state index in [0.717, 1.165) is 32.4 Å². The van der Waals surface area contributed by atoms with Crippen LogP contribution in [-0.2, 0) is 98.1 Å². The molecule has 0 saturated heterocycles. The average Bonchev–Trinajstić information content (AvgIpc) is 2.69. The number of rotatable bonds is 14. The molecule has 170 valence electrons. The molecule has 0 amide bonds. The first kappa shape index (κ1) is 50.2. The molecular formula is C18H50B3N6Y3. The standard InChI is InChI=1S/C7H18BN2.C6H16BN2.C4H12BN2.CH4.3Y/c1-8-7(10-2)5-3-4-6-9;1-7-6(9-2)4-3-5-8;1-5-4(3-6)7-2;;;;/h7,10H,3-6,9H2,1-2H3;6,9H,3-5,8H2,1-2H3;4,7H,3,6H2,1-2H3;1H4;;;. The van der Waals surface area contributed by atoms with Crippen LogP contribution in [-0.4, -0.2) is 80.4 Å². The van der Waals surface area contributed by atoms with E-state index in [9.17, 15) is 0 Å². The zero-order chi connectivity index (χ0) is 20.6. The number of hydrogen-bond donors (Lipinski definition) is 6. The first-order valence-electron chi connectivity index (χ1n) is 10.0. The topological polar surface area (TPSA) is 114 Å². The Morgan fingerprint density at radius 2 is 0.933 bits per heavy atom. The van der Waals surface area contributed by atoms with Crippen molar-refractivity contribution in [2.45, 2.75) is 77.8 Å². The fraction of sp³-hybridized carbons (Fsp3) is 1.00. The van der Waals surface area contributed by atoms with Crippen molar-refractivity contribution in [3.63, 3.8) is 0 Å². The van der Waals surface area contributed by atoms with Crippen LogP contribution in [0.25, 0.3) is 0 Å². The van der Waals surface area contributed by atoms with Crippen molar-refractivity contribution in [1.82, 2.24) is 16.0 Å². The molecule has 0 rings (SSSR count). The van der Waals surface area contributed by atoms with Crippen LogP contribution in [0.2, 0.25) is 20.5 Å². The van der Waals surface area contributed by atoms with Crippen LogP contribution < -0.4 is 33.2 Å². The van der Waals surface area contributed by atoms with Crippen molar-refractivity contribution in [2.24, 2.45) is 17.2 Å². The summed E-state index contributed by atoms with van der Waals surface area (Å²) >= 11 is 0. The van der Waals surface area contributed by atoms with Gasteiger partial charge in [0.1, 0.15) is 21.8 Å². The van der Waals surface area contributed by atoms with Gasteiger partial charge in [-0.3, -0.25) is 0 Å². The van der Waals surface area contributed by atoms with E-state index in [1.54, 1.807) is 0 Å². The third-order valence-electron chi connectivity index (χ3n) is 4.26. The van der Waals surface area contributed by atoms with Gasteiger partial charge in [-0.15, -0.1) is 0 Å². The van der Waals surface area contributed by atoms with Crippen LogP contribution in [0.4, 0.5) is 0 Å². The van der Waals surface area contributed by atoms with Gasteiger partial charge < -0.3 is 33.2 Å². The minimum absolute atomic E-state index is 0. The van der Waals surface area contributed by atoms with Crippen LogP contribution >= 0.6 is 0 Å². The SMILES string of the molecule is C.C[B]C(CCCCN)NC.C[B]C(CCCN)NC.C[B]C(CN)NC.[Y].[Y].[Y]. The molecule has 0 bridgehead atoms. The fourth-order valence-corrected chi connectivity index (χ4v) is 2.22. The van der Waals surface area contributed by atoms with Crippen LogP contribution in [0.3, 0.4) is 0 Å². The van der Waals surface area contributed by atoms with E-state index in [2.05, 4.69) is 44.2 Å². The fourth-order valence-electron chi connectivity index (χ4n) is 2.22. The van der Waals surface area contributed by atoms with Crippen LogP contribution in [0.15, 0.2) is 0 Å². The summed E-state index contributed by atoms with van der Waals surface area (Å²) in [5.74, 6) is 1.51. The van der Waals surface area contributed by atoms with Crippen LogP contribution in [0.1, 0.15) is 39.5 Å². The minimum atomic E-state index is 0. The Balaban J connectivity index is -0.0000000502. The van der Waals surface area contributed by atoms with Crippen molar-refractivity contribution >= 4 is 21.8 Å². The zero-order valence-corrected chi connectivity index (χ0v) is 28.6. The van der Waals surface area contributed by atoms with Gasteiger partial charge in [-0.1, -0.05) is 34.3 Å². The molecule has 30 heavy (non-hydrogen) atoms. The van der Waals surface area contributed by atoms with Crippen molar-refractivity contribution in [1.29, 1.82) is 0 Å². The van der Waals surface area contributed by atoms with E-state index in [1.807, 2.05) is 35.2 Å². The second kappa shape index (κ2) is 45.7. The van der Waals surface area contributed by atoms with Gasteiger partial charge in [0.05, 0.1) is 0 Å². The number of nitrogens with two attached hydrogens (primary N) is 3. The molecule has 0 aromatic carbocycles. The third kappa shape index (κ3) is 41.5. The molecule has 3 unspecified atom stereocenters. The van der Waals surface area contributed by atoms with Crippen molar-refractivity contribution < 1.29 is 98.1 Å². The Hall–Kier alpha value is 3.27. The van der Waals surface area contributed by atoms with Gasteiger partial charge in [0, 0.05) is 105 Å². The molecule has 12 heteroatoms. The normalized spacial score (nSPS) is 11.5. The van der Waals surface area contributed by atoms with Crippen molar-refractivity contribution in [3.8, 4) is 0 Å². The molecule has 0 fully saturated rings. The molecule has 6 radical (unpaired) electrons.